The molecule has 1 aliphatic rings. The van der Waals surface area contributed by atoms with Gasteiger partial charge in [-0.1, -0.05) is 0 Å². The van der Waals surface area contributed by atoms with Crippen molar-refractivity contribution in [2.75, 3.05) is 19.8 Å². The summed E-state index contributed by atoms with van der Waals surface area (Å²) in [6.07, 6.45) is 3.94. The molecule has 1 aliphatic carbocycles. The van der Waals surface area contributed by atoms with Gasteiger partial charge >= 0.3 is 178 Å². The fourth-order valence-corrected chi connectivity index (χ4v) is 20.1. The van der Waals surface area contributed by atoms with Gasteiger partial charge in [-0.05, 0) is 0 Å². The molecular weight excluding hydrogens is 509 g/mol. The molecule has 0 unspecified atom stereocenters. The molecule has 0 amide bonds. The van der Waals surface area contributed by atoms with Crippen molar-refractivity contribution < 1.29 is 43.2 Å². The van der Waals surface area contributed by atoms with E-state index < -0.39 is 39.9 Å². The van der Waals surface area contributed by atoms with Crippen LogP contribution in [0.25, 0.3) is 0 Å². The van der Waals surface area contributed by atoms with E-state index in [-0.39, 0.29) is 17.8 Å². The summed E-state index contributed by atoms with van der Waals surface area (Å²) in [4.78, 5) is 0. The Morgan fingerprint density at radius 1 is 0.893 bits per heavy atom. The molecule has 28 heavy (non-hydrogen) atoms. The molecule has 0 aromatic rings. The van der Waals surface area contributed by atoms with Crippen LogP contribution in [0.2, 0.25) is 11.5 Å². The average molecular weight is 546 g/mol. The monoisotopic (exact) mass is 546 g/mol. The second-order valence-corrected chi connectivity index (χ2v) is 24.8. The third kappa shape index (κ3) is 7.07. The Morgan fingerprint density at radius 3 is 1.61 bits per heavy atom. The predicted octanol–water partition coefficient (Wildman–Crippen LogP) is 6.47. The number of halogens is 3. The van der Waals surface area contributed by atoms with Gasteiger partial charge in [0.2, 0.25) is 0 Å². The van der Waals surface area contributed by atoms with Gasteiger partial charge in [-0.3, -0.25) is 0 Å². The van der Waals surface area contributed by atoms with Gasteiger partial charge in [-0.15, -0.1) is 0 Å². The first-order valence-corrected chi connectivity index (χ1v) is 20.7. The topological polar surface area (TPSA) is 27.7 Å². The summed E-state index contributed by atoms with van der Waals surface area (Å²) in [7, 11) is 0. The Hall–Kier alpha value is 0.576. The third-order valence-corrected chi connectivity index (χ3v) is 19.6. The van der Waals surface area contributed by atoms with Crippen LogP contribution in [0.4, 0.5) is 13.2 Å². The zero-order valence-corrected chi connectivity index (χ0v) is 23.1. The molecular formula is C20H37F3GeO3Zr. The second-order valence-electron chi connectivity index (χ2n) is 9.29. The van der Waals surface area contributed by atoms with E-state index in [1.165, 1.54) is 11.5 Å². The fourth-order valence-electron chi connectivity index (χ4n) is 2.75. The Kier molecular flexibility index (Phi) is 10.2. The third-order valence-electron chi connectivity index (χ3n) is 4.50. The predicted molar refractivity (Wildman–Crippen MR) is 107 cm³/mol. The summed E-state index contributed by atoms with van der Waals surface area (Å²) in [5.74, 6) is 3.56. The van der Waals surface area contributed by atoms with Crippen LogP contribution in [-0.2, 0) is 30.0 Å². The minimum absolute atomic E-state index is 0.247. The number of hydrogen-bond acceptors (Lipinski definition) is 3. The zero-order chi connectivity index (χ0) is 21.8. The number of hydrogen-bond donors (Lipinski definition) is 0. The average Bonchev–Trinajstić information content (AvgIpc) is 3.04. The molecule has 1 rings (SSSR count). The first-order chi connectivity index (χ1) is 12.7. The minimum atomic E-state index is -4.40. The summed E-state index contributed by atoms with van der Waals surface area (Å²) in [5.41, 5.74) is 0. The molecule has 0 saturated carbocycles. The van der Waals surface area contributed by atoms with Crippen molar-refractivity contribution in [1.29, 1.82) is 0 Å². The summed E-state index contributed by atoms with van der Waals surface area (Å²) in [5, 5.41) is -4.18. The number of rotatable bonds is 11. The molecule has 164 valence electrons. The Labute approximate surface area is 177 Å². The van der Waals surface area contributed by atoms with Crippen LogP contribution in [0.3, 0.4) is 0 Å². The first kappa shape index (κ1) is 26.6. The van der Waals surface area contributed by atoms with Gasteiger partial charge in [0, 0.05) is 0 Å². The van der Waals surface area contributed by atoms with E-state index in [4.69, 9.17) is 8.44 Å². The molecule has 0 aromatic carbocycles. The van der Waals surface area contributed by atoms with Crippen molar-refractivity contribution in [3.8, 4) is 0 Å². The summed E-state index contributed by atoms with van der Waals surface area (Å²) >= 11 is -8.71. The molecule has 0 fully saturated rings. The Morgan fingerprint density at radius 2 is 1.29 bits per heavy atom. The van der Waals surface area contributed by atoms with Crippen molar-refractivity contribution in [3.63, 3.8) is 0 Å². The summed E-state index contributed by atoms with van der Waals surface area (Å²) < 4.78 is 61.9. The SMILES string of the molecule is CC(C)C[O][Zr]([O]CC(C)C)([O]CC(C)C)[C]1=[C]([Ge]([CH3])([CH3])[C](F)(F)F)C=CC1. The molecule has 0 atom stereocenters. The number of alkyl halides is 3. The van der Waals surface area contributed by atoms with E-state index in [2.05, 4.69) is 0 Å². The molecule has 0 bridgehead atoms. The number of allylic oxidation sites excluding steroid dienone is 4. The van der Waals surface area contributed by atoms with Crippen molar-refractivity contribution in [2.45, 2.75) is 64.5 Å². The van der Waals surface area contributed by atoms with E-state index >= 15 is 0 Å². The molecule has 0 aliphatic heterocycles. The van der Waals surface area contributed by atoms with Gasteiger partial charge in [0.25, 0.3) is 0 Å². The van der Waals surface area contributed by atoms with E-state index in [1.807, 2.05) is 47.6 Å². The first-order valence-electron chi connectivity index (χ1n) is 10.1. The quantitative estimate of drug-likeness (QED) is 0.279. The van der Waals surface area contributed by atoms with E-state index in [0.29, 0.717) is 33.9 Å². The van der Waals surface area contributed by atoms with Crippen LogP contribution in [0.15, 0.2) is 19.8 Å². The van der Waals surface area contributed by atoms with Crippen molar-refractivity contribution in [1.82, 2.24) is 0 Å². The van der Waals surface area contributed by atoms with Gasteiger partial charge in [-0.25, -0.2) is 0 Å². The van der Waals surface area contributed by atoms with Crippen LogP contribution >= 0.6 is 0 Å². The molecule has 8 heteroatoms. The van der Waals surface area contributed by atoms with Gasteiger partial charge in [-0.2, -0.15) is 0 Å². The van der Waals surface area contributed by atoms with Gasteiger partial charge in [0.05, 0.1) is 0 Å². The molecule has 0 radical (unpaired) electrons. The molecule has 0 aromatic heterocycles. The molecule has 3 nitrogen and oxygen atoms in total. The molecule has 0 spiro atoms. The van der Waals surface area contributed by atoms with Crippen molar-refractivity contribution in [3.05, 3.63) is 19.8 Å². The fraction of sp³-hybridized carbons (Fsp3) is 0.800. The van der Waals surface area contributed by atoms with Gasteiger partial charge in [0.15, 0.2) is 0 Å². The van der Waals surface area contributed by atoms with Gasteiger partial charge in [0.1, 0.15) is 0 Å². The molecule has 0 heterocycles. The van der Waals surface area contributed by atoms with E-state index in [9.17, 15) is 13.2 Å². The zero-order valence-electron chi connectivity index (χ0n) is 18.6. The van der Waals surface area contributed by atoms with Crippen molar-refractivity contribution >= 4 is 13.3 Å². The normalized spacial score (nSPS) is 16.4. The summed E-state index contributed by atoms with van der Waals surface area (Å²) in [6.45, 7) is 13.5. The Balaban J connectivity index is 3.49. The second kappa shape index (κ2) is 10.7. The maximum absolute atomic E-state index is 13.9. The van der Waals surface area contributed by atoms with E-state index in [1.54, 1.807) is 6.08 Å². The standard InChI is InChI=1S/C8H10F3Ge.3C4H9O.Zr/c1-12(2,8(9,10)11)7-5-3-4-6-7;3*1-4(2)3-5;/h3,5H,4H2,1-2H3;3*4H,3H2,1-2H3;/q;3*-1;+3. The van der Waals surface area contributed by atoms with Crippen LogP contribution in [-0.4, -0.2) is 38.1 Å². The molecule has 0 saturated heterocycles. The Bertz CT molecular complexity index is 538. The van der Waals surface area contributed by atoms with Crippen LogP contribution in [0.1, 0.15) is 48.0 Å². The van der Waals surface area contributed by atoms with Crippen molar-refractivity contribution in [2.24, 2.45) is 17.8 Å². The van der Waals surface area contributed by atoms with Gasteiger partial charge < -0.3 is 0 Å². The molecule has 0 N–H and O–H groups in total. The maximum atomic E-state index is 13.9. The van der Waals surface area contributed by atoms with Crippen LogP contribution < -0.4 is 0 Å². The van der Waals surface area contributed by atoms with Crippen LogP contribution in [0, 0.1) is 17.8 Å². The van der Waals surface area contributed by atoms with Crippen LogP contribution in [0.5, 0.6) is 0 Å². The van der Waals surface area contributed by atoms with E-state index in [0.717, 1.165) is 0 Å². The summed E-state index contributed by atoms with van der Waals surface area (Å²) in [6, 6.07) is 0.